The second-order valence-electron chi connectivity index (χ2n) is 4.58. The van der Waals surface area contributed by atoms with Gasteiger partial charge in [0.2, 0.25) is 10.0 Å². The number of nitrogens with zero attached hydrogens (tertiary/aromatic N) is 2. The van der Waals surface area contributed by atoms with Crippen molar-refractivity contribution in [1.82, 2.24) is 9.03 Å². The third-order valence-electron chi connectivity index (χ3n) is 3.04. The van der Waals surface area contributed by atoms with Crippen molar-refractivity contribution in [3.05, 3.63) is 0 Å². The van der Waals surface area contributed by atoms with Crippen LogP contribution >= 0.6 is 0 Å². The van der Waals surface area contributed by atoms with E-state index < -0.39 is 25.5 Å². The molecule has 3 N–H and O–H groups in total. The van der Waals surface area contributed by atoms with Gasteiger partial charge in [0.25, 0.3) is 10.2 Å². The van der Waals surface area contributed by atoms with Gasteiger partial charge < -0.3 is 0 Å². The average Bonchev–Trinajstić information content (AvgIpc) is 2.34. The second kappa shape index (κ2) is 6.15. The second-order valence-corrected chi connectivity index (χ2v) is 8.21. The summed E-state index contributed by atoms with van der Waals surface area (Å²) in [6.07, 6.45) is 1.35. The highest BCUT2D eigenvalue weighted by Crippen LogP contribution is 2.20. The zero-order valence-electron chi connectivity index (χ0n) is 10.6. The molecule has 0 bridgehead atoms. The number of hydrogen-bond acceptors (Lipinski definition) is 5. The minimum atomic E-state index is -3.77. The predicted octanol–water partition coefficient (Wildman–Crippen LogP) is -1.27. The number of rotatable bonds is 5. The Hall–Kier alpha value is -0.730. The van der Waals surface area contributed by atoms with E-state index in [2.05, 4.69) is 4.72 Å². The summed E-state index contributed by atoms with van der Waals surface area (Å²) in [6, 6.07) is 1.71. The number of piperidine rings is 1. The molecule has 0 aromatic heterocycles. The lowest BCUT2D eigenvalue weighted by Gasteiger charge is -2.32. The first-order chi connectivity index (χ1) is 8.66. The zero-order valence-corrected chi connectivity index (χ0v) is 12.2. The van der Waals surface area contributed by atoms with Crippen LogP contribution in [0.1, 0.15) is 19.8 Å². The summed E-state index contributed by atoms with van der Waals surface area (Å²) in [6.45, 7) is 2.00. The summed E-state index contributed by atoms with van der Waals surface area (Å²) in [5.74, 6) is -0.132. The van der Waals surface area contributed by atoms with Gasteiger partial charge in [-0.3, -0.25) is 0 Å². The van der Waals surface area contributed by atoms with Crippen LogP contribution in [0.15, 0.2) is 0 Å². The lowest BCUT2D eigenvalue weighted by Crippen LogP contribution is -2.46. The maximum absolute atomic E-state index is 12.0. The SMILES string of the molecule is CC(C#N)S(=O)(=O)N1CCCC(CNS(N)(=O)=O)C1. The average molecular weight is 310 g/mol. The first kappa shape index (κ1) is 16.3. The molecule has 8 nitrogen and oxygen atoms in total. The van der Waals surface area contributed by atoms with Crippen LogP contribution in [0.25, 0.3) is 0 Å². The van der Waals surface area contributed by atoms with E-state index in [-0.39, 0.29) is 19.0 Å². The van der Waals surface area contributed by atoms with Gasteiger partial charge in [-0.05, 0) is 25.7 Å². The first-order valence-electron chi connectivity index (χ1n) is 5.83. The van der Waals surface area contributed by atoms with Gasteiger partial charge in [0.1, 0.15) is 0 Å². The third-order valence-corrected chi connectivity index (χ3v) is 5.66. The Morgan fingerprint density at radius 3 is 2.63 bits per heavy atom. The topological polar surface area (TPSA) is 133 Å². The molecule has 1 saturated heterocycles. The van der Waals surface area contributed by atoms with Gasteiger partial charge in [-0.15, -0.1) is 0 Å². The summed E-state index contributed by atoms with van der Waals surface area (Å²) in [5.41, 5.74) is 0. The molecular formula is C9H18N4O4S2. The Labute approximate surface area is 113 Å². The van der Waals surface area contributed by atoms with Gasteiger partial charge in [-0.1, -0.05) is 0 Å². The fourth-order valence-corrected chi connectivity index (χ4v) is 3.80. The molecule has 0 spiro atoms. The van der Waals surface area contributed by atoms with Crippen LogP contribution in [0.3, 0.4) is 0 Å². The lowest BCUT2D eigenvalue weighted by atomic mass is 10.0. The maximum Gasteiger partial charge on any atom is 0.274 e. The van der Waals surface area contributed by atoms with Crippen molar-refractivity contribution in [2.24, 2.45) is 11.1 Å². The fraction of sp³-hybridized carbons (Fsp3) is 0.889. The molecule has 110 valence electrons. The third kappa shape index (κ3) is 4.70. The van der Waals surface area contributed by atoms with Gasteiger partial charge in [0.05, 0.1) is 6.07 Å². The van der Waals surface area contributed by atoms with Crippen molar-refractivity contribution in [3.63, 3.8) is 0 Å². The summed E-state index contributed by atoms with van der Waals surface area (Å²) in [4.78, 5) is 0. The molecule has 0 amide bonds. The number of nitriles is 1. The highest BCUT2D eigenvalue weighted by Gasteiger charge is 2.33. The molecule has 0 saturated carbocycles. The van der Waals surface area contributed by atoms with E-state index in [1.165, 1.54) is 11.2 Å². The first-order valence-corrected chi connectivity index (χ1v) is 8.87. The van der Waals surface area contributed by atoms with Crippen molar-refractivity contribution < 1.29 is 16.8 Å². The predicted molar refractivity (Wildman–Crippen MR) is 69.4 cm³/mol. The number of sulfonamides is 1. The highest BCUT2D eigenvalue weighted by molar-refractivity contribution is 7.90. The molecule has 0 aromatic rings. The van der Waals surface area contributed by atoms with E-state index in [9.17, 15) is 16.8 Å². The van der Waals surface area contributed by atoms with Crippen molar-refractivity contribution in [1.29, 1.82) is 5.26 Å². The Morgan fingerprint density at radius 2 is 2.11 bits per heavy atom. The van der Waals surface area contributed by atoms with Crippen LogP contribution in [-0.4, -0.2) is 46.0 Å². The Morgan fingerprint density at radius 1 is 1.47 bits per heavy atom. The number of nitrogens with one attached hydrogen (secondary N) is 1. The molecule has 19 heavy (non-hydrogen) atoms. The number of nitrogens with two attached hydrogens (primary N) is 1. The summed E-state index contributed by atoms with van der Waals surface area (Å²) < 4.78 is 49.0. The molecule has 1 heterocycles. The van der Waals surface area contributed by atoms with Gasteiger partial charge in [-0.25, -0.2) is 22.6 Å². The Kier molecular flexibility index (Phi) is 5.28. The molecular weight excluding hydrogens is 292 g/mol. The Balaban J connectivity index is 2.68. The molecule has 2 unspecified atom stereocenters. The molecule has 1 aliphatic rings. The smallest absolute Gasteiger partial charge is 0.216 e. The molecule has 1 rings (SSSR count). The van der Waals surface area contributed by atoms with Crippen LogP contribution in [0, 0.1) is 17.2 Å². The molecule has 2 atom stereocenters. The monoisotopic (exact) mass is 310 g/mol. The van der Waals surface area contributed by atoms with Crippen LogP contribution in [-0.2, 0) is 20.2 Å². The van der Waals surface area contributed by atoms with E-state index in [1.807, 2.05) is 0 Å². The van der Waals surface area contributed by atoms with E-state index in [4.69, 9.17) is 10.4 Å². The minimum Gasteiger partial charge on any atom is -0.216 e. The standard InChI is InChI=1S/C9H18N4O4S2/c1-8(5-10)18(14,15)13-4-2-3-9(7-13)6-12-19(11,16)17/h8-9,12H,2-4,6-7H2,1H3,(H2,11,16,17). The lowest BCUT2D eigenvalue weighted by molar-refractivity contribution is 0.266. The molecule has 10 heteroatoms. The zero-order chi connectivity index (χ0) is 14.7. The van der Waals surface area contributed by atoms with Crippen LogP contribution in [0.5, 0.6) is 0 Å². The maximum atomic E-state index is 12.0. The molecule has 0 radical (unpaired) electrons. The van der Waals surface area contributed by atoms with Gasteiger partial charge >= 0.3 is 0 Å². The van der Waals surface area contributed by atoms with Gasteiger partial charge in [0.15, 0.2) is 5.25 Å². The fourth-order valence-electron chi connectivity index (χ4n) is 1.95. The molecule has 0 aliphatic carbocycles. The van der Waals surface area contributed by atoms with E-state index >= 15 is 0 Å². The van der Waals surface area contributed by atoms with Crippen molar-refractivity contribution in [2.45, 2.75) is 25.0 Å². The van der Waals surface area contributed by atoms with Crippen molar-refractivity contribution >= 4 is 20.2 Å². The summed E-state index contributed by atoms with van der Waals surface area (Å²) in [7, 11) is -7.40. The van der Waals surface area contributed by atoms with Gasteiger partial charge in [-0.2, -0.15) is 13.7 Å². The summed E-state index contributed by atoms with van der Waals surface area (Å²) >= 11 is 0. The van der Waals surface area contributed by atoms with Crippen LogP contribution in [0.4, 0.5) is 0 Å². The normalized spacial score (nSPS) is 23.7. The van der Waals surface area contributed by atoms with Crippen LogP contribution in [0.2, 0.25) is 0 Å². The number of hydrogen-bond donors (Lipinski definition) is 2. The summed E-state index contributed by atoms with van der Waals surface area (Å²) in [5, 5.41) is 12.4. The molecule has 0 aromatic carbocycles. The van der Waals surface area contributed by atoms with Crippen LogP contribution < -0.4 is 9.86 Å². The van der Waals surface area contributed by atoms with E-state index in [0.29, 0.717) is 13.0 Å². The molecule has 1 aliphatic heterocycles. The van der Waals surface area contributed by atoms with Gasteiger partial charge in [0, 0.05) is 19.6 Å². The highest BCUT2D eigenvalue weighted by atomic mass is 32.2. The largest absolute Gasteiger partial charge is 0.274 e. The molecule has 1 fully saturated rings. The van der Waals surface area contributed by atoms with E-state index in [0.717, 1.165) is 6.42 Å². The Bertz CT molecular complexity index is 551. The van der Waals surface area contributed by atoms with Crippen molar-refractivity contribution in [2.75, 3.05) is 19.6 Å². The van der Waals surface area contributed by atoms with Crippen molar-refractivity contribution in [3.8, 4) is 6.07 Å². The minimum absolute atomic E-state index is 0.103. The van der Waals surface area contributed by atoms with E-state index in [1.54, 1.807) is 6.07 Å². The quantitative estimate of drug-likeness (QED) is 0.653.